The van der Waals surface area contributed by atoms with Crippen molar-refractivity contribution in [3.05, 3.63) is 34.9 Å². The van der Waals surface area contributed by atoms with Crippen molar-refractivity contribution in [1.29, 1.82) is 0 Å². The largest absolute Gasteiger partial charge is 0.307 e. The Morgan fingerprint density at radius 1 is 1.14 bits per heavy atom. The maximum absolute atomic E-state index is 12.7. The number of amides is 1. The molecule has 0 heterocycles. The van der Waals surface area contributed by atoms with Gasteiger partial charge in [0, 0.05) is 5.56 Å². The van der Waals surface area contributed by atoms with E-state index >= 15 is 0 Å². The molecule has 1 amide bonds. The average Bonchev–Trinajstić information content (AvgIpc) is 2.34. The Hall–Kier alpha value is -1.39. The quantitative estimate of drug-likeness (QED) is 0.387. The monoisotopic (exact) mass is 291 g/mol. The molecule has 118 valence electrons. The van der Waals surface area contributed by atoms with E-state index in [9.17, 15) is 4.79 Å². The molecule has 0 unspecified atom stereocenters. The van der Waals surface area contributed by atoms with E-state index in [0.29, 0.717) is 12.0 Å². The third kappa shape index (κ3) is 3.63. The third-order valence-corrected chi connectivity index (χ3v) is 4.05. The highest BCUT2D eigenvalue weighted by Crippen LogP contribution is 2.34. The van der Waals surface area contributed by atoms with Gasteiger partial charge in [0.1, 0.15) is 5.66 Å². The van der Waals surface area contributed by atoms with Crippen LogP contribution in [-0.2, 0) is 0 Å². The molecule has 0 aliphatic carbocycles. The summed E-state index contributed by atoms with van der Waals surface area (Å²) in [6.45, 7) is 12.0. The number of nitrogens with two attached hydrogens (primary N) is 2. The highest BCUT2D eigenvalue weighted by molar-refractivity contribution is 5.94. The number of hydrogen-bond acceptors (Lipinski definition) is 3. The van der Waals surface area contributed by atoms with Crippen LogP contribution in [0.4, 0.5) is 0 Å². The minimum Gasteiger partial charge on any atom is -0.307 e. The summed E-state index contributed by atoms with van der Waals surface area (Å²) >= 11 is 0. The van der Waals surface area contributed by atoms with Crippen LogP contribution in [0, 0.1) is 19.3 Å². The van der Waals surface area contributed by atoms with Gasteiger partial charge in [-0.25, -0.2) is 5.84 Å². The van der Waals surface area contributed by atoms with Crippen molar-refractivity contribution >= 4 is 5.91 Å². The molecule has 0 saturated heterocycles. The predicted molar refractivity (Wildman–Crippen MR) is 87.6 cm³/mol. The van der Waals surface area contributed by atoms with E-state index < -0.39 is 5.66 Å². The van der Waals surface area contributed by atoms with E-state index in [1.54, 1.807) is 0 Å². The predicted octanol–water partition coefficient (Wildman–Crippen LogP) is 3.12. The molecule has 0 fully saturated rings. The first-order valence-electron chi connectivity index (χ1n) is 7.49. The Bertz CT molecular complexity index is 499. The van der Waals surface area contributed by atoms with Crippen LogP contribution in [0.2, 0.25) is 0 Å². The number of rotatable bonds is 4. The van der Waals surface area contributed by atoms with Crippen LogP contribution in [0.1, 0.15) is 62.0 Å². The molecule has 1 rings (SSSR count). The molecule has 1 aromatic carbocycles. The first-order chi connectivity index (χ1) is 9.52. The fraction of sp³-hybridized carbons (Fsp3) is 0.588. The second-order valence-electron chi connectivity index (χ2n) is 6.98. The molecular formula is C17H29N3O. The van der Waals surface area contributed by atoms with Gasteiger partial charge >= 0.3 is 0 Å². The average molecular weight is 291 g/mol. The zero-order valence-electron chi connectivity index (χ0n) is 14.2. The Balaban J connectivity index is 3.20. The standard InChI is InChI=1S/C17H29N3O/c1-7-8-17(18,16(4,5)6)20(19)15(21)14-10-12(2)9-13(3)11-14/h9-11H,7-8,18-19H2,1-6H3/t17-/m1/s1. The summed E-state index contributed by atoms with van der Waals surface area (Å²) < 4.78 is 0. The van der Waals surface area contributed by atoms with Gasteiger partial charge in [0.25, 0.3) is 5.91 Å². The Morgan fingerprint density at radius 3 is 2.00 bits per heavy atom. The normalized spacial score (nSPS) is 14.7. The van der Waals surface area contributed by atoms with Gasteiger partial charge in [-0.1, -0.05) is 51.3 Å². The minimum atomic E-state index is -0.878. The number of nitrogens with zero attached hydrogens (tertiary/aromatic N) is 1. The van der Waals surface area contributed by atoms with Crippen molar-refractivity contribution in [3.8, 4) is 0 Å². The summed E-state index contributed by atoms with van der Waals surface area (Å²) in [5, 5.41) is 1.23. The SMILES string of the molecule is CCC[C@@](N)(N(N)C(=O)c1cc(C)cc(C)c1)C(C)(C)C. The second-order valence-corrected chi connectivity index (χ2v) is 6.98. The fourth-order valence-corrected chi connectivity index (χ4v) is 2.66. The van der Waals surface area contributed by atoms with Crippen molar-refractivity contribution < 1.29 is 4.79 Å². The molecule has 4 nitrogen and oxygen atoms in total. The van der Waals surface area contributed by atoms with Gasteiger partial charge in [-0.15, -0.1) is 0 Å². The number of carbonyl (C=O) groups excluding carboxylic acids is 1. The van der Waals surface area contributed by atoms with E-state index in [0.717, 1.165) is 17.5 Å². The molecule has 1 atom stereocenters. The van der Waals surface area contributed by atoms with E-state index in [1.807, 2.05) is 59.7 Å². The lowest BCUT2D eigenvalue weighted by Crippen LogP contribution is -2.68. The van der Waals surface area contributed by atoms with Crippen LogP contribution >= 0.6 is 0 Å². The van der Waals surface area contributed by atoms with Gasteiger partial charge in [-0.2, -0.15) is 0 Å². The first-order valence-corrected chi connectivity index (χ1v) is 7.49. The topological polar surface area (TPSA) is 72.3 Å². The molecular weight excluding hydrogens is 262 g/mol. The molecule has 0 aliphatic rings. The molecule has 4 N–H and O–H groups in total. The fourth-order valence-electron chi connectivity index (χ4n) is 2.66. The smallest absolute Gasteiger partial charge is 0.269 e. The molecule has 0 aromatic heterocycles. The van der Waals surface area contributed by atoms with Crippen molar-refractivity contribution in [2.75, 3.05) is 0 Å². The Labute approximate surface area is 128 Å². The van der Waals surface area contributed by atoms with Gasteiger partial charge in [-0.05, 0) is 37.8 Å². The van der Waals surface area contributed by atoms with Crippen LogP contribution in [0.3, 0.4) is 0 Å². The molecule has 21 heavy (non-hydrogen) atoms. The van der Waals surface area contributed by atoms with Crippen molar-refractivity contribution in [2.24, 2.45) is 17.0 Å². The van der Waals surface area contributed by atoms with Gasteiger partial charge in [0.2, 0.25) is 0 Å². The van der Waals surface area contributed by atoms with Crippen LogP contribution < -0.4 is 11.6 Å². The Kier molecular flexibility index (Phi) is 5.18. The van der Waals surface area contributed by atoms with E-state index in [4.69, 9.17) is 11.6 Å². The lowest BCUT2D eigenvalue weighted by molar-refractivity contribution is -0.00433. The first kappa shape index (κ1) is 17.7. The number of aryl methyl sites for hydroxylation is 2. The Morgan fingerprint density at radius 2 is 1.62 bits per heavy atom. The number of hydrazine groups is 1. The molecule has 0 radical (unpaired) electrons. The highest BCUT2D eigenvalue weighted by Gasteiger charge is 2.44. The molecule has 0 saturated carbocycles. The molecule has 0 spiro atoms. The lowest BCUT2D eigenvalue weighted by atomic mass is 9.77. The zero-order valence-corrected chi connectivity index (χ0v) is 14.2. The third-order valence-electron chi connectivity index (χ3n) is 4.05. The van der Waals surface area contributed by atoms with Crippen LogP contribution in [0.15, 0.2) is 18.2 Å². The van der Waals surface area contributed by atoms with Gasteiger partial charge < -0.3 is 5.73 Å². The summed E-state index contributed by atoms with van der Waals surface area (Å²) in [6, 6.07) is 5.73. The number of benzene rings is 1. The summed E-state index contributed by atoms with van der Waals surface area (Å²) in [5.41, 5.74) is 8.00. The van der Waals surface area contributed by atoms with Crippen molar-refractivity contribution in [1.82, 2.24) is 5.01 Å². The summed E-state index contributed by atoms with van der Waals surface area (Å²) in [7, 11) is 0. The van der Waals surface area contributed by atoms with Crippen molar-refractivity contribution in [2.45, 2.75) is 60.0 Å². The van der Waals surface area contributed by atoms with Gasteiger partial charge in [-0.3, -0.25) is 9.80 Å². The maximum Gasteiger partial charge on any atom is 0.269 e. The molecule has 1 aromatic rings. The lowest BCUT2D eigenvalue weighted by Gasteiger charge is -2.47. The van der Waals surface area contributed by atoms with Crippen LogP contribution in [0.5, 0.6) is 0 Å². The van der Waals surface area contributed by atoms with Crippen molar-refractivity contribution in [3.63, 3.8) is 0 Å². The van der Waals surface area contributed by atoms with Gasteiger partial charge in [0.15, 0.2) is 0 Å². The minimum absolute atomic E-state index is 0.229. The second kappa shape index (κ2) is 6.16. The highest BCUT2D eigenvalue weighted by atomic mass is 16.2. The van der Waals surface area contributed by atoms with Gasteiger partial charge in [0.05, 0.1) is 0 Å². The number of hydrogen-bond donors (Lipinski definition) is 2. The molecule has 0 aliphatic heterocycles. The van der Waals surface area contributed by atoms with E-state index in [1.165, 1.54) is 5.01 Å². The van der Waals surface area contributed by atoms with E-state index in [-0.39, 0.29) is 11.3 Å². The molecule has 4 heteroatoms. The maximum atomic E-state index is 12.7. The van der Waals surface area contributed by atoms with Crippen LogP contribution in [-0.4, -0.2) is 16.6 Å². The molecule has 0 bridgehead atoms. The number of carbonyl (C=O) groups is 1. The van der Waals surface area contributed by atoms with Crippen LogP contribution in [0.25, 0.3) is 0 Å². The van der Waals surface area contributed by atoms with E-state index in [2.05, 4.69) is 0 Å². The summed E-state index contributed by atoms with van der Waals surface area (Å²) in [5.74, 6) is 5.93. The summed E-state index contributed by atoms with van der Waals surface area (Å²) in [4.78, 5) is 12.7. The summed E-state index contributed by atoms with van der Waals surface area (Å²) in [6.07, 6.45) is 1.52. The zero-order chi connectivity index (χ0) is 16.4.